The molecular weight excluding hydrogens is 417 g/mol. The third-order valence-electron chi connectivity index (χ3n) is 6.34. The summed E-state index contributed by atoms with van der Waals surface area (Å²) in [4.78, 5) is 14.2. The number of rotatable bonds is 7. The molecule has 0 N–H and O–H groups in total. The molecule has 170 valence electrons. The minimum atomic E-state index is -0.318. The lowest BCUT2D eigenvalue weighted by atomic mass is 10.0. The maximum atomic E-state index is 14.8. The maximum absolute atomic E-state index is 14.8. The van der Waals surface area contributed by atoms with E-state index in [4.69, 9.17) is 9.47 Å². The number of amides is 1. The van der Waals surface area contributed by atoms with Gasteiger partial charge in [-0.2, -0.15) is 0 Å². The standard InChI is InChI=1S/C28H28FNO3/c29-27-18-25(32-19-20-4-2-1-3-5-20)12-13-26(27)21-8-10-23(11-9-21)33-24-14-16-30(17-15-24)28(31)22-6-7-22/h1-5,8-13,18,22,24H,6-7,14-17,19H2. The number of likely N-dealkylation sites (tertiary alicyclic amines) is 1. The number of benzene rings is 3. The van der Waals surface area contributed by atoms with Crippen LogP contribution in [0.1, 0.15) is 31.2 Å². The summed E-state index contributed by atoms with van der Waals surface area (Å²) in [7, 11) is 0. The SMILES string of the molecule is O=C(C1CC1)N1CCC(Oc2ccc(-c3ccc(OCc4ccccc4)cc3F)cc2)CC1. The van der Waals surface area contributed by atoms with Crippen molar-refractivity contribution in [2.45, 2.75) is 38.4 Å². The van der Waals surface area contributed by atoms with E-state index in [1.54, 1.807) is 12.1 Å². The summed E-state index contributed by atoms with van der Waals surface area (Å²) in [5.74, 6) is 1.55. The first-order valence-corrected chi connectivity index (χ1v) is 11.7. The van der Waals surface area contributed by atoms with Crippen LogP contribution in [0.15, 0.2) is 72.8 Å². The highest BCUT2D eigenvalue weighted by atomic mass is 19.1. The molecule has 1 saturated carbocycles. The summed E-state index contributed by atoms with van der Waals surface area (Å²) in [6.07, 6.45) is 3.90. The minimum absolute atomic E-state index is 0.108. The van der Waals surface area contributed by atoms with Gasteiger partial charge in [-0.05, 0) is 48.2 Å². The molecule has 1 aliphatic heterocycles. The lowest BCUT2D eigenvalue weighted by molar-refractivity contribution is -0.134. The van der Waals surface area contributed by atoms with Crippen molar-refractivity contribution in [3.8, 4) is 22.6 Å². The van der Waals surface area contributed by atoms with Crippen LogP contribution in [-0.2, 0) is 11.4 Å². The predicted octanol–water partition coefficient (Wildman–Crippen LogP) is 5.85. The van der Waals surface area contributed by atoms with Gasteiger partial charge in [0.2, 0.25) is 5.91 Å². The molecule has 3 aromatic carbocycles. The summed E-state index contributed by atoms with van der Waals surface area (Å²) < 4.78 is 26.6. The fourth-order valence-electron chi connectivity index (χ4n) is 4.25. The highest BCUT2D eigenvalue weighted by molar-refractivity contribution is 5.81. The molecule has 4 nitrogen and oxygen atoms in total. The number of carbonyl (C=O) groups excluding carboxylic acids is 1. The number of ether oxygens (including phenoxy) is 2. The summed E-state index contributed by atoms with van der Waals surface area (Å²) in [6.45, 7) is 1.93. The first-order chi connectivity index (χ1) is 16.2. The minimum Gasteiger partial charge on any atom is -0.490 e. The number of nitrogens with zero attached hydrogens (tertiary/aromatic N) is 1. The lowest BCUT2D eigenvalue weighted by Gasteiger charge is -2.32. The van der Waals surface area contributed by atoms with Crippen LogP contribution in [0.3, 0.4) is 0 Å². The third kappa shape index (κ3) is 5.36. The van der Waals surface area contributed by atoms with E-state index in [2.05, 4.69) is 0 Å². The van der Waals surface area contributed by atoms with Gasteiger partial charge >= 0.3 is 0 Å². The molecule has 2 fully saturated rings. The molecule has 1 saturated heterocycles. The Morgan fingerprint density at radius 2 is 1.58 bits per heavy atom. The van der Waals surface area contributed by atoms with E-state index in [0.717, 1.165) is 55.6 Å². The highest BCUT2D eigenvalue weighted by Gasteiger charge is 2.35. The molecule has 5 rings (SSSR count). The molecule has 1 amide bonds. The highest BCUT2D eigenvalue weighted by Crippen LogP contribution is 2.33. The Bertz CT molecular complexity index is 1090. The van der Waals surface area contributed by atoms with Crippen molar-refractivity contribution in [2.24, 2.45) is 5.92 Å². The molecule has 0 spiro atoms. The summed E-state index contributed by atoms with van der Waals surface area (Å²) >= 11 is 0. The lowest BCUT2D eigenvalue weighted by Crippen LogP contribution is -2.42. The molecule has 0 aromatic heterocycles. The molecular formula is C28H28FNO3. The van der Waals surface area contributed by atoms with E-state index in [-0.39, 0.29) is 17.8 Å². The molecule has 33 heavy (non-hydrogen) atoms. The molecule has 3 aromatic rings. The van der Waals surface area contributed by atoms with E-state index >= 15 is 0 Å². The second-order valence-corrected chi connectivity index (χ2v) is 8.86. The maximum Gasteiger partial charge on any atom is 0.225 e. The Kier molecular flexibility index (Phi) is 6.29. The molecule has 0 unspecified atom stereocenters. The van der Waals surface area contributed by atoms with Crippen molar-refractivity contribution in [3.05, 3.63) is 84.2 Å². The van der Waals surface area contributed by atoms with Crippen LogP contribution in [0.25, 0.3) is 11.1 Å². The van der Waals surface area contributed by atoms with Crippen LogP contribution >= 0.6 is 0 Å². The van der Waals surface area contributed by atoms with Crippen LogP contribution in [0.4, 0.5) is 4.39 Å². The molecule has 5 heteroatoms. The van der Waals surface area contributed by atoms with Crippen molar-refractivity contribution < 1.29 is 18.7 Å². The second kappa shape index (κ2) is 9.65. The predicted molar refractivity (Wildman–Crippen MR) is 126 cm³/mol. The topological polar surface area (TPSA) is 38.8 Å². The zero-order valence-corrected chi connectivity index (χ0v) is 18.6. The van der Waals surface area contributed by atoms with E-state index in [1.807, 2.05) is 59.5 Å². The molecule has 0 bridgehead atoms. The van der Waals surface area contributed by atoms with Gasteiger partial charge < -0.3 is 14.4 Å². The van der Waals surface area contributed by atoms with Crippen molar-refractivity contribution in [1.82, 2.24) is 4.90 Å². The monoisotopic (exact) mass is 445 g/mol. The van der Waals surface area contributed by atoms with Crippen LogP contribution in [-0.4, -0.2) is 30.0 Å². The largest absolute Gasteiger partial charge is 0.490 e. The number of hydrogen-bond donors (Lipinski definition) is 0. The van der Waals surface area contributed by atoms with Gasteiger partial charge in [-0.15, -0.1) is 0 Å². The van der Waals surface area contributed by atoms with Gasteiger partial charge in [0.1, 0.15) is 30.0 Å². The van der Waals surface area contributed by atoms with E-state index < -0.39 is 0 Å². The quantitative estimate of drug-likeness (QED) is 0.458. The van der Waals surface area contributed by atoms with Gasteiger partial charge in [0.05, 0.1) is 0 Å². The first kappa shape index (κ1) is 21.5. The summed E-state index contributed by atoms with van der Waals surface area (Å²) in [5, 5.41) is 0. The van der Waals surface area contributed by atoms with E-state index in [9.17, 15) is 9.18 Å². The van der Waals surface area contributed by atoms with Gasteiger partial charge in [0.25, 0.3) is 0 Å². The van der Waals surface area contributed by atoms with Crippen molar-refractivity contribution in [2.75, 3.05) is 13.1 Å². The van der Waals surface area contributed by atoms with Gasteiger partial charge in [0.15, 0.2) is 0 Å². The first-order valence-electron chi connectivity index (χ1n) is 11.7. The van der Waals surface area contributed by atoms with Gasteiger partial charge in [0, 0.05) is 43.5 Å². The second-order valence-electron chi connectivity index (χ2n) is 8.86. The Labute approximate surface area is 193 Å². The van der Waals surface area contributed by atoms with Gasteiger partial charge in [-0.25, -0.2) is 4.39 Å². The van der Waals surface area contributed by atoms with E-state index in [0.29, 0.717) is 23.8 Å². The Hall–Kier alpha value is -3.34. The normalized spacial score (nSPS) is 16.5. The Morgan fingerprint density at radius 1 is 0.879 bits per heavy atom. The van der Waals surface area contributed by atoms with Crippen molar-refractivity contribution in [3.63, 3.8) is 0 Å². The molecule has 2 aliphatic rings. The average Bonchev–Trinajstić information content (AvgIpc) is 3.70. The van der Waals surface area contributed by atoms with Gasteiger partial charge in [-0.1, -0.05) is 42.5 Å². The van der Waals surface area contributed by atoms with Crippen LogP contribution < -0.4 is 9.47 Å². The third-order valence-corrected chi connectivity index (χ3v) is 6.34. The number of carbonyl (C=O) groups is 1. The zero-order valence-electron chi connectivity index (χ0n) is 18.6. The number of hydrogen-bond acceptors (Lipinski definition) is 3. The molecule has 1 aliphatic carbocycles. The number of piperidine rings is 1. The Balaban J connectivity index is 1.16. The van der Waals surface area contributed by atoms with Crippen LogP contribution in [0.5, 0.6) is 11.5 Å². The Morgan fingerprint density at radius 3 is 2.24 bits per heavy atom. The summed E-state index contributed by atoms with van der Waals surface area (Å²) in [5.41, 5.74) is 2.36. The molecule has 1 heterocycles. The van der Waals surface area contributed by atoms with Crippen molar-refractivity contribution in [1.29, 1.82) is 0 Å². The van der Waals surface area contributed by atoms with E-state index in [1.165, 1.54) is 6.07 Å². The van der Waals surface area contributed by atoms with Crippen LogP contribution in [0, 0.1) is 11.7 Å². The van der Waals surface area contributed by atoms with Gasteiger partial charge in [-0.3, -0.25) is 4.79 Å². The fraction of sp³-hybridized carbons (Fsp3) is 0.321. The molecule has 0 atom stereocenters. The zero-order chi connectivity index (χ0) is 22.6. The fourth-order valence-corrected chi connectivity index (χ4v) is 4.25. The smallest absolute Gasteiger partial charge is 0.225 e. The van der Waals surface area contributed by atoms with Crippen LogP contribution in [0.2, 0.25) is 0 Å². The number of halogens is 1. The summed E-state index contributed by atoms with van der Waals surface area (Å²) in [6, 6.07) is 22.3. The molecule has 0 radical (unpaired) electrons. The van der Waals surface area contributed by atoms with Crippen molar-refractivity contribution >= 4 is 5.91 Å². The average molecular weight is 446 g/mol.